The molecule has 0 aliphatic rings. The summed E-state index contributed by atoms with van der Waals surface area (Å²) in [4.78, 5) is 2.24. The van der Waals surface area contributed by atoms with Gasteiger partial charge in [-0.15, -0.1) is 0 Å². The highest BCUT2D eigenvalue weighted by Gasteiger charge is 2.09. The van der Waals surface area contributed by atoms with Crippen molar-refractivity contribution in [2.75, 3.05) is 33.4 Å². The van der Waals surface area contributed by atoms with E-state index in [0.29, 0.717) is 6.04 Å². The van der Waals surface area contributed by atoms with Gasteiger partial charge in [0, 0.05) is 26.2 Å². The van der Waals surface area contributed by atoms with Crippen LogP contribution >= 0.6 is 0 Å². The van der Waals surface area contributed by atoms with E-state index in [1.165, 1.54) is 0 Å². The van der Waals surface area contributed by atoms with Gasteiger partial charge in [0.25, 0.3) is 0 Å². The monoisotopic (exact) mass is 175 g/mol. The molecular formula is C9H21NO2. The maximum Gasteiger partial charge on any atom is 0.0589 e. The normalized spacial score (nSPS) is 13.8. The fourth-order valence-electron chi connectivity index (χ4n) is 1.15. The van der Waals surface area contributed by atoms with E-state index in [0.717, 1.165) is 26.1 Å². The zero-order chi connectivity index (χ0) is 9.40. The lowest BCUT2D eigenvalue weighted by atomic mass is 10.2. The molecule has 3 nitrogen and oxygen atoms in total. The van der Waals surface area contributed by atoms with Crippen molar-refractivity contribution in [3.05, 3.63) is 0 Å². The molecule has 0 rings (SSSR count). The van der Waals surface area contributed by atoms with E-state index in [1.807, 2.05) is 0 Å². The van der Waals surface area contributed by atoms with E-state index in [-0.39, 0.29) is 6.61 Å². The largest absolute Gasteiger partial charge is 0.395 e. The Labute approximate surface area is 75.3 Å². The Bertz CT molecular complexity index is 98.5. The van der Waals surface area contributed by atoms with Crippen LogP contribution in [0.3, 0.4) is 0 Å². The summed E-state index contributed by atoms with van der Waals surface area (Å²) in [5.74, 6) is 0. The maximum atomic E-state index is 8.80. The SMILES string of the molecule is CCC(C)N(CCO)CCOC. The number of methoxy groups -OCH3 is 1. The van der Waals surface area contributed by atoms with Gasteiger partial charge in [-0.1, -0.05) is 6.92 Å². The van der Waals surface area contributed by atoms with Crippen molar-refractivity contribution in [3.63, 3.8) is 0 Å². The first-order chi connectivity index (χ1) is 5.76. The van der Waals surface area contributed by atoms with E-state index >= 15 is 0 Å². The molecule has 12 heavy (non-hydrogen) atoms. The van der Waals surface area contributed by atoms with Crippen molar-refractivity contribution in [2.45, 2.75) is 26.3 Å². The van der Waals surface area contributed by atoms with Crippen LogP contribution in [0.4, 0.5) is 0 Å². The second-order valence-corrected chi connectivity index (χ2v) is 3.01. The van der Waals surface area contributed by atoms with E-state index in [1.54, 1.807) is 7.11 Å². The van der Waals surface area contributed by atoms with E-state index in [2.05, 4.69) is 18.7 Å². The number of aliphatic hydroxyl groups is 1. The lowest BCUT2D eigenvalue weighted by molar-refractivity contribution is 0.105. The molecule has 74 valence electrons. The molecule has 0 amide bonds. The molecule has 0 aliphatic carbocycles. The number of hydrogen-bond donors (Lipinski definition) is 1. The number of aliphatic hydroxyl groups excluding tert-OH is 1. The minimum absolute atomic E-state index is 0.230. The molecule has 1 unspecified atom stereocenters. The minimum Gasteiger partial charge on any atom is -0.395 e. The highest BCUT2D eigenvalue weighted by molar-refractivity contribution is 4.64. The molecule has 3 heteroatoms. The van der Waals surface area contributed by atoms with Crippen LogP contribution in [0.2, 0.25) is 0 Å². The summed E-state index contributed by atoms with van der Waals surface area (Å²) in [5, 5.41) is 8.80. The first-order valence-corrected chi connectivity index (χ1v) is 4.60. The van der Waals surface area contributed by atoms with Gasteiger partial charge in [-0.2, -0.15) is 0 Å². The Balaban J connectivity index is 3.68. The van der Waals surface area contributed by atoms with Crippen molar-refractivity contribution >= 4 is 0 Å². The van der Waals surface area contributed by atoms with Gasteiger partial charge in [0.1, 0.15) is 0 Å². The average Bonchev–Trinajstić information content (AvgIpc) is 2.11. The number of ether oxygens (including phenoxy) is 1. The molecule has 0 saturated heterocycles. The zero-order valence-corrected chi connectivity index (χ0v) is 8.42. The number of rotatable bonds is 7. The van der Waals surface area contributed by atoms with Crippen LogP contribution in [-0.4, -0.2) is 49.5 Å². The van der Waals surface area contributed by atoms with Crippen LogP contribution in [0.5, 0.6) is 0 Å². The average molecular weight is 175 g/mol. The van der Waals surface area contributed by atoms with Crippen LogP contribution in [0, 0.1) is 0 Å². The first kappa shape index (κ1) is 11.9. The van der Waals surface area contributed by atoms with Gasteiger partial charge < -0.3 is 9.84 Å². The van der Waals surface area contributed by atoms with Crippen molar-refractivity contribution < 1.29 is 9.84 Å². The second kappa shape index (κ2) is 7.53. The molecule has 1 atom stereocenters. The second-order valence-electron chi connectivity index (χ2n) is 3.01. The predicted octanol–water partition coefficient (Wildman–Crippen LogP) is 0.726. The summed E-state index contributed by atoms with van der Waals surface area (Å²) < 4.78 is 4.99. The Morgan fingerprint density at radius 2 is 2.08 bits per heavy atom. The van der Waals surface area contributed by atoms with E-state index in [4.69, 9.17) is 9.84 Å². The zero-order valence-electron chi connectivity index (χ0n) is 8.42. The lowest BCUT2D eigenvalue weighted by Crippen LogP contribution is -2.37. The third-order valence-corrected chi connectivity index (χ3v) is 2.18. The van der Waals surface area contributed by atoms with Gasteiger partial charge in [0.2, 0.25) is 0 Å². The molecule has 1 N–H and O–H groups in total. The Hall–Kier alpha value is -0.120. The molecule has 0 radical (unpaired) electrons. The summed E-state index contributed by atoms with van der Waals surface area (Å²) in [5.41, 5.74) is 0. The number of nitrogens with zero attached hydrogens (tertiary/aromatic N) is 1. The highest BCUT2D eigenvalue weighted by Crippen LogP contribution is 2.01. The van der Waals surface area contributed by atoms with Crippen LogP contribution in [0.15, 0.2) is 0 Å². The third kappa shape index (κ3) is 4.70. The molecule has 0 bridgehead atoms. The van der Waals surface area contributed by atoms with Crippen molar-refractivity contribution in [1.82, 2.24) is 4.90 Å². The quantitative estimate of drug-likeness (QED) is 0.619. The summed E-state index contributed by atoms with van der Waals surface area (Å²) in [6.07, 6.45) is 1.11. The molecule has 0 saturated carbocycles. The van der Waals surface area contributed by atoms with Crippen LogP contribution in [0.1, 0.15) is 20.3 Å². The van der Waals surface area contributed by atoms with Gasteiger partial charge in [0.05, 0.1) is 13.2 Å². The van der Waals surface area contributed by atoms with Gasteiger partial charge >= 0.3 is 0 Å². The Kier molecular flexibility index (Phi) is 7.45. The van der Waals surface area contributed by atoms with Gasteiger partial charge in [-0.3, -0.25) is 4.90 Å². The molecule has 0 aromatic carbocycles. The van der Waals surface area contributed by atoms with Gasteiger partial charge in [-0.25, -0.2) is 0 Å². The topological polar surface area (TPSA) is 32.7 Å². The third-order valence-electron chi connectivity index (χ3n) is 2.18. The lowest BCUT2D eigenvalue weighted by Gasteiger charge is -2.27. The fourth-order valence-corrected chi connectivity index (χ4v) is 1.15. The summed E-state index contributed by atoms with van der Waals surface area (Å²) in [7, 11) is 1.70. The molecule has 0 heterocycles. The highest BCUT2D eigenvalue weighted by atomic mass is 16.5. The molecule has 0 fully saturated rings. The molecule has 0 spiro atoms. The summed E-state index contributed by atoms with van der Waals surface area (Å²) in [6, 6.07) is 0.535. The fraction of sp³-hybridized carbons (Fsp3) is 1.00. The van der Waals surface area contributed by atoms with E-state index < -0.39 is 0 Å². The smallest absolute Gasteiger partial charge is 0.0589 e. The Morgan fingerprint density at radius 1 is 1.42 bits per heavy atom. The molecule has 0 aromatic heterocycles. The number of hydrogen-bond acceptors (Lipinski definition) is 3. The van der Waals surface area contributed by atoms with Crippen molar-refractivity contribution in [1.29, 1.82) is 0 Å². The standard InChI is InChI=1S/C9H21NO2/c1-4-9(2)10(5-7-11)6-8-12-3/h9,11H,4-8H2,1-3H3. The van der Waals surface area contributed by atoms with Crippen LogP contribution in [0.25, 0.3) is 0 Å². The first-order valence-electron chi connectivity index (χ1n) is 4.60. The van der Waals surface area contributed by atoms with Crippen LogP contribution < -0.4 is 0 Å². The minimum atomic E-state index is 0.230. The van der Waals surface area contributed by atoms with Crippen LogP contribution in [-0.2, 0) is 4.74 Å². The van der Waals surface area contributed by atoms with Gasteiger partial charge in [-0.05, 0) is 13.3 Å². The Morgan fingerprint density at radius 3 is 2.50 bits per heavy atom. The molecular weight excluding hydrogens is 154 g/mol. The van der Waals surface area contributed by atoms with Gasteiger partial charge in [0.15, 0.2) is 0 Å². The predicted molar refractivity (Wildman–Crippen MR) is 50.3 cm³/mol. The van der Waals surface area contributed by atoms with Crippen molar-refractivity contribution in [2.24, 2.45) is 0 Å². The van der Waals surface area contributed by atoms with E-state index in [9.17, 15) is 0 Å². The summed E-state index contributed by atoms with van der Waals surface area (Å²) in [6.45, 7) is 6.95. The maximum absolute atomic E-state index is 8.80. The molecule has 0 aromatic rings. The molecule has 0 aliphatic heterocycles. The van der Waals surface area contributed by atoms with Crippen molar-refractivity contribution in [3.8, 4) is 0 Å². The summed E-state index contributed by atoms with van der Waals surface area (Å²) >= 11 is 0.